The maximum Gasteiger partial charge on any atom is 0.0797 e. The molecule has 0 radical (unpaired) electrons. The highest BCUT2D eigenvalue weighted by atomic mass is 32.1. The van der Waals surface area contributed by atoms with E-state index in [1.54, 1.807) is 11.3 Å². The molecule has 0 aromatic carbocycles. The molecular weight excluding hydrogens is 208 g/mol. The zero-order chi connectivity index (χ0) is 10.7. The second kappa shape index (κ2) is 5.05. The van der Waals surface area contributed by atoms with Crippen LogP contribution in [-0.4, -0.2) is 30.3 Å². The predicted molar refractivity (Wildman–Crippen MR) is 62.4 cm³/mol. The summed E-state index contributed by atoms with van der Waals surface area (Å²) in [7, 11) is 0. The van der Waals surface area contributed by atoms with Crippen molar-refractivity contribution in [2.45, 2.75) is 38.8 Å². The molecule has 84 valence electrons. The van der Waals surface area contributed by atoms with Gasteiger partial charge in [-0.1, -0.05) is 0 Å². The van der Waals surface area contributed by atoms with Gasteiger partial charge in [0, 0.05) is 24.1 Å². The zero-order valence-corrected chi connectivity index (χ0v) is 10.1. The largest absolute Gasteiger partial charge is 0.377 e. The number of thiazole rings is 1. The molecule has 2 heterocycles. The molecule has 4 heteroatoms. The van der Waals surface area contributed by atoms with Gasteiger partial charge in [-0.05, 0) is 26.7 Å². The standard InChI is InChI=1S/C11H18N2OS/c1-8-11(15-7-13-8)3-5-12-10-4-6-14-9(10)2/h7,9-10,12H,3-6H2,1-2H3. The Bertz CT molecular complexity index is 313. The molecule has 2 unspecified atom stereocenters. The Balaban J connectivity index is 1.73. The highest BCUT2D eigenvalue weighted by molar-refractivity contribution is 7.09. The molecular formula is C11H18N2OS. The summed E-state index contributed by atoms with van der Waals surface area (Å²) in [5.41, 5.74) is 3.10. The molecule has 0 aliphatic carbocycles. The second-order valence-electron chi connectivity index (χ2n) is 4.04. The lowest BCUT2D eigenvalue weighted by Gasteiger charge is -2.15. The first-order valence-electron chi connectivity index (χ1n) is 5.51. The van der Waals surface area contributed by atoms with Gasteiger partial charge in [0.2, 0.25) is 0 Å². The van der Waals surface area contributed by atoms with Crippen molar-refractivity contribution in [3.05, 3.63) is 16.1 Å². The SMILES string of the molecule is Cc1ncsc1CCNC1CCOC1C. The van der Waals surface area contributed by atoms with E-state index >= 15 is 0 Å². The quantitative estimate of drug-likeness (QED) is 0.849. The maximum absolute atomic E-state index is 5.50. The smallest absolute Gasteiger partial charge is 0.0797 e. The Morgan fingerprint density at radius 2 is 2.53 bits per heavy atom. The molecule has 1 aromatic heterocycles. The minimum absolute atomic E-state index is 0.368. The number of aromatic nitrogens is 1. The summed E-state index contributed by atoms with van der Waals surface area (Å²) in [5, 5.41) is 3.55. The molecule has 1 saturated heterocycles. The van der Waals surface area contributed by atoms with Crippen LogP contribution in [0.5, 0.6) is 0 Å². The van der Waals surface area contributed by atoms with Crippen LogP contribution in [0, 0.1) is 6.92 Å². The van der Waals surface area contributed by atoms with Crippen LogP contribution >= 0.6 is 11.3 Å². The van der Waals surface area contributed by atoms with E-state index in [1.165, 1.54) is 10.6 Å². The van der Waals surface area contributed by atoms with E-state index in [-0.39, 0.29) is 0 Å². The maximum atomic E-state index is 5.50. The molecule has 15 heavy (non-hydrogen) atoms. The molecule has 1 N–H and O–H groups in total. The molecule has 1 aliphatic rings. The average molecular weight is 226 g/mol. The van der Waals surface area contributed by atoms with Gasteiger partial charge in [-0.2, -0.15) is 0 Å². The van der Waals surface area contributed by atoms with Gasteiger partial charge in [0.1, 0.15) is 0 Å². The van der Waals surface area contributed by atoms with Gasteiger partial charge in [-0.3, -0.25) is 0 Å². The first-order valence-corrected chi connectivity index (χ1v) is 6.39. The lowest BCUT2D eigenvalue weighted by atomic mass is 10.1. The number of hydrogen-bond donors (Lipinski definition) is 1. The predicted octanol–water partition coefficient (Wildman–Crippen LogP) is 1.76. The van der Waals surface area contributed by atoms with Gasteiger partial charge in [0.05, 0.1) is 17.3 Å². The van der Waals surface area contributed by atoms with Crippen LogP contribution in [-0.2, 0) is 11.2 Å². The number of ether oxygens (including phenoxy) is 1. The van der Waals surface area contributed by atoms with Crippen LogP contribution in [0.2, 0.25) is 0 Å². The third-order valence-electron chi connectivity index (χ3n) is 2.98. The molecule has 2 atom stereocenters. The van der Waals surface area contributed by atoms with Crippen LogP contribution in [0.1, 0.15) is 23.9 Å². The van der Waals surface area contributed by atoms with Crippen molar-refractivity contribution < 1.29 is 4.74 Å². The van der Waals surface area contributed by atoms with Gasteiger partial charge >= 0.3 is 0 Å². The average Bonchev–Trinajstić information content (AvgIpc) is 2.78. The third kappa shape index (κ3) is 2.77. The number of rotatable bonds is 4. The van der Waals surface area contributed by atoms with E-state index in [4.69, 9.17) is 4.74 Å². The molecule has 2 rings (SSSR count). The van der Waals surface area contributed by atoms with E-state index in [2.05, 4.69) is 24.1 Å². The van der Waals surface area contributed by atoms with Crippen LogP contribution < -0.4 is 5.32 Å². The van der Waals surface area contributed by atoms with Crippen LogP contribution in [0.3, 0.4) is 0 Å². The van der Waals surface area contributed by atoms with Crippen molar-refractivity contribution in [3.63, 3.8) is 0 Å². The Morgan fingerprint density at radius 3 is 3.13 bits per heavy atom. The number of nitrogens with one attached hydrogen (secondary N) is 1. The third-order valence-corrected chi connectivity index (χ3v) is 3.97. The van der Waals surface area contributed by atoms with Gasteiger partial charge in [-0.15, -0.1) is 11.3 Å². The van der Waals surface area contributed by atoms with E-state index in [0.717, 1.165) is 26.0 Å². The van der Waals surface area contributed by atoms with Crippen LogP contribution in [0.15, 0.2) is 5.51 Å². The van der Waals surface area contributed by atoms with E-state index in [9.17, 15) is 0 Å². The highest BCUT2D eigenvalue weighted by Gasteiger charge is 2.23. The lowest BCUT2D eigenvalue weighted by molar-refractivity contribution is 0.113. The molecule has 0 spiro atoms. The first kappa shape index (κ1) is 11.0. The van der Waals surface area contributed by atoms with Crippen molar-refractivity contribution in [2.75, 3.05) is 13.2 Å². The number of nitrogens with zero attached hydrogens (tertiary/aromatic N) is 1. The van der Waals surface area contributed by atoms with Crippen molar-refractivity contribution >= 4 is 11.3 Å². The van der Waals surface area contributed by atoms with Crippen molar-refractivity contribution in [3.8, 4) is 0 Å². The summed E-state index contributed by atoms with van der Waals surface area (Å²) in [6, 6.07) is 0.540. The highest BCUT2D eigenvalue weighted by Crippen LogP contribution is 2.14. The van der Waals surface area contributed by atoms with E-state index in [0.29, 0.717) is 12.1 Å². The van der Waals surface area contributed by atoms with Gasteiger partial charge in [0.25, 0.3) is 0 Å². The summed E-state index contributed by atoms with van der Waals surface area (Å²) in [6.07, 6.45) is 2.59. The van der Waals surface area contributed by atoms with Crippen LogP contribution in [0.4, 0.5) is 0 Å². The van der Waals surface area contributed by atoms with Gasteiger partial charge < -0.3 is 10.1 Å². The Labute approximate surface area is 94.9 Å². The van der Waals surface area contributed by atoms with E-state index < -0.39 is 0 Å². The van der Waals surface area contributed by atoms with Crippen molar-refractivity contribution in [2.24, 2.45) is 0 Å². The second-order valence-corrected chi connectivity index (χ2v) is 4.98. The van der Waals surface area contributed by atoms with E-state index in [1.807, 2.05) is 5.51 Å². The minimum atomic E-state index is 0.368. The lowest BCUT2D eigenvalue weighted by Crippen LogP contribution is -2.35. The minimum Gasteiger partial charge on any atom is -0.377 e. The fraction of sp³-hybridized carbons (Fsp3) is 0.727. The Morgan fingerprint density at radius 1 is 1.67 bits per heavy atom. The monoisotopic (exact) mass is 226 g/mol. The topological polar surface area (TPSA) is 34.2 Å². The summed E-state index contributed by atoms with van der Waals surface area (Å²) in [5.74, 6) is 0. The number of hydrogen-bond acceptors (Lipinski definition) is 4. The summed E-state index contributed by atoms with van der Waals surface area (Å²) >= 11 is 1.75. The zero-order valence-electron chi connectivity index (χ0n) is 9.32. The normalized spacial score (nSPS) is 26.0. The molecule has 0 bridgehead atoms. The fourth-order valence-electron chi connectivity index (χ4n) is 1.94. The molecule has 1 aromatic rings. The summed E-state index contributed by atoms with van der Waals surface area (Å²) in [6.45, 7) is 6.15. The Kier molecular flexibility index (Phi) is 3.72. The number of aryl methyl sites for hydroxylation is 1. The first-order chi connectivity index (χ1) is 7.27. The van der Waals surface area contributed by atoms with Gasteiger partial charge in [0.15, 0.2) is 0 Å². The molecule has 0 amide bonds. The fourth-order valence-corrected chi connectivity index (χ4v) is 2.72. The van der Waals surface area contributed by atoms with Crippen molar-refractivity contribution in [1.29, 1.82) is 0 Å². The molecule has 1 fully saturated rings. The molecule has 0 saturated carbocycles. The molecule has 3 nitrogen and oxygen atoms in total. The molecule has 1 aliphatic heterocycles. The summed E-state index contributed by atoms with van der Waals surface area (Å²) in [4.78, 5) is 5.65. The van der Waals surface area contributed by atoms with Crippen LogP contribution in [0.25, 0.3) is 0 Å². The van der Waals surface area contributed by atoms with Gasteiger partial charge in [-0.25, -0.2) is 4.98 Å². The Hall–Kier alpha value is -0.450. The summed E-state index contributed by atoms with van der Waals surface area (Å²) < 4.78 is 5.50. The van der Waals surface area contributed by atoms with Crippen molar-refractivity contribution in [1.82, 2.24) is 10.3 Å².